The smallest absolute Gasteiger partial charge is 0.230 e. The topological polar surface area (TPSA) is 79.0 Å². The fraction of sp³-hybridized carbons (Fsp3) is 0.818. The average molecular weight is 243 g/mol. The Morgan fingerprint density at radius 1 is 1.50 bits per heavy atom. The maximum Gasteiger partial charge on any atom is 0.230 e. The molecule has 3 unspecified atom stereocenters. The van der Waals surface area contributed by atoms with E-state index in [1.807, 2.05) is 0 Å². The number of rotatable bonds is 3. The third-order valence-corrected chi connectivity index (χ3v) is 4.13. The fourth-order valence-corrected chi connectivity index (χ4v) is 2.55. The van der Waals surface area contributed by atoms with Gasteiger partial charge in [0.2, 0.25) is 5.91 Å². The van der Waals surface area contributed by atoms with Crippen LogP contribution in [0.3, 0.4) is 0 Å². The molecular weight excluding hydrogens is 222 g/mol. The molecule has 5 heteroatoms. The number of nitrogens with one attached hydrogen (secondary N) is 2. The van der Waals surface area contributed by atoms with Crippen LogP contribution in [-0.4, -0.2) is 22.9 Å². The number of thioether (sulfide) groups is 1. The van der Waals surface area contributed by atoms with E-state index in [1.54, 1.807) is 0 Å². The summed E-state index contributed by atoms with van der Waals surface area (Å²) in [7, 11) is 0. The highest BCUT2D eigenvalue weighted by Crippen LogP contribution is 2.29. The second-order valence-corrected chi connectivity index (χ2v) is 5.61. The maximum absolute atomic E-state index is 11.6. The van der Waals surface area contributed by atoms with E-state index in [1.165, 1.54) is 12.8 Å². The van der Waals surface area contributed by atoms with Crippen molar-refractivity contribution in [3.05, 3.63) is 0 Å². The van der Waals surface area contributed by atoms with Gasteiger partial charge in [0.25, 0.3) is 0 Å². The van der Waals surface area contributed by atoms with Crippen molar-refractivity contribution in [3.63, 3.8) is 0 Å². The summed E-state index contributed by atoms with van der Waals surface area (Å²) in [5, 5.41) is 10.1. The monoisotopic (exact) mass is 243 g/mol. The quantitative estimate of drug-likeness (QED) is 0.520. The molecule has 0 heterocycles. The van der Waals surface area contributed by atoms with E-state index in [0.29, 0.717) is 17.9 Å². The molecule has 0 spiro atoms. The van der Waals surface area contributed by atoms with Gasteiger partial charge in [-0.05, 0) is 18.3 Å². The Bertz CT molecular complexity index is 270. The summed E-state index contributed by atoms with van der Waals surface area (Å²) in [5.74, 6) is 1.47. The molecule has 3 atom stereocenters. The maximum atomic E-state index is 11.6. The first kappa shape index (κ1) is 13.4. The molecule has 92 valence electrons. The van der Waals surface area contributed by atoms with Crippen molar-refractivity contribution in [1.29, 1.82) is 5.41 Å². The predicted octanol–water partition coefficient (Wildman–Crippen LogP) is 1.55. The van der Waals surface area contributed by atoms with Crippen LogP contribution < -0.4 is 11.1 Å². The molecule has 0 saturated heterocycles. The molecule has 1 rings (SSSR count). The number of hydrogen-bond acceptors (Lipinski definition) is 3. The van der Waals surface area contributed by atoms with E-state index in [2.05, 4.69) is 19.2 Å². The molecule has 0 radical (unpaired) electrons. The lowest BCUT2D eigenvalue weighted by atomic mass is 9.78. The first-order chi connectivity index (χ1) is 7.50. The molecule has 1 saturated carbocycles. The van der Waals surface area contributed by atoms with Crippen LogP contribution in [0, 0.1) is 17.2 Å². The van der Waals surface area contributed by atoms with E-state index in [-0.39, 0.29) is 16.8 Å². The summed E-state index contributed by atoms with van der Waals surface area (Å²) in [6, 6.07) is 0.295. The van der Waals surface area contributed by atoms with Gasteiger partial charge in [-0.1, -0.05) is 38.5 Å². The van der Waals surface area contributed by atoms with Crippen LogP contribution in [0.4, 0.5) is 0 Å². The Labute approximate surface area is 101 Å². The highest BCUT2D eigenvalue weighted by atomic mass is 32.2. The van der Waals surface area contributed by atoms with Crippen molar-refractivity contribution in [2.45, 2.75) is 39.2 Å². The second-order valence-electron chi connectivity index (χ2n) is 4.59. The van der Waals surface area contributed by atoms with Crippen LogP contribution in [0.1, 0.15) is 33.1 Å². The van der Waals surface area contributed by atoms with Crippen LogP contribution in [-0.2, 0) is 4.79 Å². The van der Waals surface area contributed by atoms with Gasteiger partial charge < -0.3 is 11.1 Å². The minimum absolute atomic E-state index is 0.000195. The molecule has 0 aromatic heterocycles. The molecular formula is C11H21N3OS. The first-order valence-corrected chi connectivity index (χ1v) is 6.75. The molecule has 16 heavy (non-hydrogen) atoms. The summed E-state index contributed by atoms with van der Waals surface area (Å²) in [5.41, 5.74) is 5.19. The number of nitrogens with two attached hydrogens (primary N) is 1. The van der Waals surface area contributed by atoms with E-state index in [9.17, 15) is 4.79 Å². The van der Waals surface area contributed by atoms with Gasteiger partial charge in [0.05, 0.1) is 5.75 Å². The van der Waals surface area contributed by atoms with Gasteiger partial charge in [-0.3, -0.25) is 10.2 Å². The SMILES string of the molecule is CC1CCCC(NC(=O)CSC(=N)N)C1C. The Hall–Kier alpha value is -0.710. The molecule has 0 aromatic rings. The Morgan fingerprint density at radius 2 is 2.19 bits per heavy atom. The van der Waals surface area contributed by atoms with Crippen LogP contribution in [0.5, 0.6) is 0 Å². The molecule has 4 N–H and O–H groups in total. The van der Waals surface area contributed by atoms with Crippen molar-refractivity contribution in [3.8, 4) is 0 Å². The first-order valence-electron chi connectivity index (χ1n) is 5.77. The Morgan fingerprint density at radius 3 is 2.81 bits per heavy atom. The minimum atomic E-state index is -0.00819. The Balaban J connectivity index is 2.35. The van der Waals surface area contributed by atoms with Gasteiger partial charge in [0, 0.05) is 6.04 Å². The van der Waals surface area contributed by atoms with Gasteiger partial charge >= 0.3 is 0 Å². The third kappa shape index (κ3) is 4.04. The highest BCUT2D eigenvalue weighted by molar-refractivity contribution is 8.14. The molecule has 1 aliphatic carbocycles. The number of carbonyl (C=O) groups excluding carboxylic acids is 1. The molecule has 1 amide bonds. The van der Waals surface area contributed by atoms with Crippen molar-refractivity contribution in [2.24, 2.45) is 17.6 Å². The molecule has 0 aromatic carbocycles. The molecule has 1 aliphatic rings. The van der Waals surface area contributed by atoms with Crippen LogP contribution >= 0.6 is 11.8 Å². The fourth-order valence-electron chi connectivity index (χ4n) is 2.18. The van der Waals surface area contributed by atoms with Crippen molar-refractivity contribution in [2.75, 3.05) is 5.75 Å². The normalized spacial score (nSPS) is 29.8. The molecule has 0 bridgehead atoms. The zero-order valence-corrected chi connectivity index (χ0v) is 10.8. The average Bonchev–Trinajstić information content (AvgIpc) is 2.22. The standard InChI is InChI=1S/C11H21N3OS/c1-7-4-3-5-9(8(7)2)14-10(15)6-16-11(12)13/h7-9H,3-6H2,1-2H3,(H3,12,13)(H,14,15). The van der Waals surface area contributed by atoms with Crippen LogP contribution in [0.2, 0.25) is 0 Å². The summed E-state index contributed by atoms with van der Waals surface area (Å²) < 4.78 is 0. The summed E-state index contributed by atoms with van der Waals surface area (Å²) in [4.78, 5) is 11.6. The third-order valence-electron chi connectivity index (χ3n) is 3.41. The zero-order valence-electron chi connectivity index (χ0n) is 9.95. The van der Waals surface area contributed by atoms with E-state index < -0.39 is 0 Å². The lowest BCUT2D eigenvalue weighted by Crippen LogP contribution is -2.44. The van der Waals surface area contributed by atoms with E-state index in [4.69, 9.17) is 11.1 Å². The summed E-state index contributed by atoms with van der Waals surface area (Å²) in [6.45, 7) is 4.44. The van der Waals surface area contributed by atoms with Crippen molar-refractivity contribution >= 4 is 22.8 Å². The minimum Gasteiger partial charge on any atom is -0.379 e. The number of carbonyl (C=O) groups is 1. The van der Waals surface area contributed by atoms with Gasteiger partial charge in [0.1, 0.15) is 0 Å². The van der Waals surface area contributed by atoms with Crippen molar-refractivity contribution in [1.82, 2.24) is 5.32 Å². The van der Waals surface area contributed by atoms with Gasteiger partial charge in [-0.25, -0.2) is 0 Å². The van der Waals surface area contributed by atoms with E-state index in [0.717, 1.165) is 18.2 Å². The zero-order chi connectivity index (χ0) is 12.1. The number of hydrogen-bond donors (Lipinski definition) is 3. The Kier molecular flexibility index (Phi) is 5.12. The summed E-state index contributed by atoms with van der Waals surface area (Å²) >= 11 is 1.08. The largest absolute Gasteiger partial charge is 0.379 e. The van der Waals surface area contributed by atoms with Gasteiger partial charge in [0.15, 0.2) is 5.17 Å². The van der Waals surface area contributed by atoms with E-state index >= 15 is 0 Å². The van der Waals surface area contributed by atoms with Gasteiger partial charge in [-0.15, -0.1) is 0 Å². The van der Waals surface area contributed by atoms with Gasteiger partial charge in [-0.2, -0.15) is 0 Å². The van der Waals surface area contributed by atoms with Crippen molar-refractivity contribution < 1.29 is 4.79 Å². The lowest BCUT2D eigenvalue weighted by Gasteiger charge is -2.34. The van der Waals surface area contributed by atoms with Crippen LogP contribution in [0.15, 0.2) is 0 Å². The second kappa shape index (κ2) is 6.13. The lowest BCUT2D eigenvalue weighted by molar-refractivity contribution is -0.119. The van der Waals surface area contributed by atoms with Crippen LogP contribution in [0.25, 0.3) is 0 Å². The summed E-state index contributed by atoms with van der Waals surface area (Å²) in [6.07, 6.45) is 3.52. The predicted molar refractivity (Wildman–Crippen MR) is 68.5 cm³/mol. The number of amides is 1. The number of amidine groups is 1. The molecule has 1 fully saturated rings. The molecule has 4 nitrogen and oxygen atoms in total. The molecule has 0 aliphatic heterocycles. The highest BCUT2D eigenvalue weighted by Gasteiger charge is 2.27.